The van der Waals surface area contributed by atoms with Crippen molar-refractivity contribution in [3.8, 4) is 11.3 Å². The first kappa shape index (κ1) is 16.6. The van der Waals surface area contributed by atoms with Gasteiger partial charge >= 0.3 is 0 Å². The summed E-state index contributed by atoms with van der Waals surface area (Å²) >= 11 is 3.32. The molecule has 2 heterocycles. The van der Waals surface area contributed by atoms with E-state index >= 15 is 0 Å². The smallest absolute Gasteiger partial charge is 0.206 e. The van der Waals surface area contributed by atoms with Crippen molar-refractivity contribution in [1.29, 1.82) is 0 Å². The van der Waals surface area contributed by atoms with Crippen molar-refractivity contribution in [3.63, 3.8) is 0 Å². The number of nitrogens with zero attached hydrogens (tertiary/aromatic N) is 3. The van der Waals surface area contributed by atoms with E-state index in [-0.39, 0.29) is 0 Å². The number of benzene rings is 1. The zero-order valence-corrected chi connectivity index (χ0v) is 15.4. The number of rotatable bonds is 5. The highest BCUT2D eigenvalue weighted by Gasteiger charge is 2.07. The number of hydrogen-bond donors (Lipinski definition) is 0. The van der Waals surface area contributed by atoms with Crippen molar-refractivity contribution in [2.45, 2.75) is 13.8 Å². The van der Waals surface area contributed by atoms with Gasteiger partial charge in [0, 0.05) is 20.7 Å². The van der Waals surface area contributed by atoms with Crippen molar-refractivity contribution >= 4 is 28.9 Å². The quantitative estimate of drug-likeness (QED) is 0.463. The second-order valence-corrected chi connectivity index (χ2v) is 7.56. The van der Waals surface area contributed by atoms with E-state index in [2.05, 4.69) is 72.3 Å². The van der Waals surface area contributed by atoms with Crippen LogP contribution in [0.3, 0.4) is 0 Å². The van der Waals surface area contributed by atoms with Gasteiger partial charge in [-0.15, -0.1) is 29.3 Å². The largest absolute Gasteiger partial charge is 0.253 e. The van der Waals surface area contributed by atoms with Crippen LogP contribution in [-0.2, 0) is 0 Å². The highest BCUT2D eigenvalue weighted by Crippen LogP contribution is 2.21. The van der Waals surface area contributed by atoms with Crippen LogP contribution in [0.25, 0.3) is 11.3 Å². The normalized spacial score (nSPS) is 12.2. The van der Waals surface area contributed by atoms with Crippen LogP contribution in [0.2, 0.25) is 0 Å². The SMILES string of the molecule is C=CCN=c1scc(-c2ccc(C)cc2)n1N=Cc1ccc(C)s1. The molecule has 0 amide bonds. The Morgan fingerprint density at radius 1 is 1.12 bits per heavy atom. The molecule has 1 aromatic carbocycles. The van der Waals surface area contributed by atoms with Gasteiger partial charge in [0.15, 0.2) is 0 Å². The van der Waals surface area contributed by atoms with E-state index < -0.39 is 0 Å². The van der Waals surface area contributed by atoms with E-state index in [9.17, 15) is 0 Å². The Hall–Kier alpha value is -2.24. The number of thiophene rings is 1. The summed E-state index contributed by atoms with van der Waals surface area (Å²) in [5.41, 5.74) is 3.43. The minimum atomic E-state index is 0.585. The van der Waals surface area contributed by atoms with Crippen LogP contribution in [0.1, 0.15) is 15.3 Å². The minimum Gasteiger partial charge on any atom is -0.253 e. The molecule has 3 aromatic rings. The van der Waals surface area contributed by atoms with Crippen LogP contribution < -0.4 is 4.80 Å². The van der Waals surface area contributed by atoms with Gasteiger partial charge in [0.25, 0.3) is 0 Å². The Labute approximate surface area is 150 Å². The summed E-state index contributed by atoms with van der Waals surface area (Å²) in [5, 5.41) is 6.79. The molecular formula is C19H19N3S2. The van der Waals surface area contributed by atoms with Gasteiger partial charge in [0.1, 0.15) is 0 Å². The van der Waals surface area contributed by atoms with Crippen molar-refractivity contribution in [1.82, 2.24) is 4.68 Å². The third-order valence-corrected chi connectivity index (χ3v) is 5.24. The molecule has 0 N–H and O–H groups in total. The average molecular weight is 354 g/mol. The average Bonchev–Trinajstić information content (AvgIpc) is 3.17. The maximum Gasteiger partial charge on any atom is 0.206 e. The van der Waals surface area contributed by atoms with Gasteiger partial charge in [0.05, 0.1) is 18.5 Å². The van der Waals surface area contributed by atoms with Crippen molar-refractivity contribution in [2.75, 3.05) is 6.54 Å². The molecule has 2 aromatic heterocycles. The summed E-state index contributed by atoms with van der Waals surface area (Å²) in [6.07, 6.45) is 3.69. The zero-order valence-electron chi connectivity index (χ0n) is 13.8. The maximum atomic E-state index is 4.69. The zero-order chi connectivity index (χ0) is 16.9. The number of aromatic nitrogens is 1. The highest BCUT2D eigenvalue weighted by molar-refractivity contribution is 7.13. The van der Waals surface area contributed by atoms with E-state index in [1.165, 1.54) is 10.4 Å². The number of hydrogen-bond acceptors (Lipinski definition) is 4. The highest BCUT2D eigenvalue weighted by atomic mass is 32.1. The van der Waals surface area contributed by atoms with E-state index in [4.69, 9.17) is 0 Å². The predicted molar refractivity (Wildman–Crippen MR) is 105 cm³/mol. The fraction of sp³-hybridized carbons (Fsp3) is 0.158. The fourth-order valence-corrected chi connectivity index (χ4v) is 3.81. The van der Waals surface area contributed by atoms with E-state index in [1.807, 2.05) is 10.9 Å². The van der Waals surface area contributed by atoms with Crippen LogP contribution >= 0.6 is 22.7 Å². The third-order valence-electron chi connectivity index (χ3n) is 3.45. The molecule has 0 unspecified atom stereocenters. The minimum absolute atomic E-state index is 0.585. The van der Waals surface area contributed by atoms with Crippen LogP contribution in [-0.4, -0.2) is 17.4 Å². The van der Waals surface area contributed by atoms with Crippen molar-refractivity contribution in [3.05, 3.63) is 74.6 Å². The van der Waals surface area contributed by atoms with Crippen molar-refractivity contribution < 1.29 is 0 Å². The first-order valence-corrected chi connectivity index (χ1v) is 9.37. The third kappa shape index (κ3) is 3.80. The summed E-state index contributed by atoms with van der Waals surface area (Å²) in [4.78, 5) is 7.84. The van der Waals surface area contributed by atoms with Crippen LogP contribution in [0, 0.1) is 13.8 Å². The first-order chi connectivity index (χ1) is 11.7. The van der Waals surface area contributed by atoms with E-state index in [1.54, 1.807) is 28.7 Å². The van der Waals surface area contributed by atoms with Gasteiger partial charge in [0.2, 0.25) is 4.80 Å². The number of thiazole rings is 1. The molecule has 0 fully saturated rings. The van der Waals surface area contributed by atoms with Crippen LogP contribution in [0.5, 0.6) is 0 Å². The van der Waals surface area contributed by atoms with Crippen molar-refractivity contribution in [2.24, 2.45) is 10.1 Å². The molecule has 5 heteroatoms. The lowest BCUT2D eigenvalue weighted by molar-refractivity contribution is 0.841. The Morgan fingerprint density at radius 2 is 1.92 bits per heavy atom. The lowest BCUT2D eigenvalue weighted by Gasteiger charge is -2.03. The number of aryl methyl sites for hydroxylation is 2. The Balaban J connectivity index is 2.06. The molecule has 0 atom stereocenters. The Kier molecular flexibility index (Phi) is 5.23. The summed E-state index contributed by atoms with van der Waals surface area (Å²) < 4.78 is 1.91. The summed E-state index contributed by atoms with van der Waals surface area (Å²) in [6, 6.07) is 12.7. The molecule has 0 bridgehead atoms. The molecule has 0 aliphatic heterocycles. The molecular weight excluding hydrogens is 334 g/mol. The second-order valence-electron chi connectivity index (χ2n) is 5.40. The summed E-state index contributed by atoms with van der Waals surface area (Å²) in [6.45, 7) is 8.52. The first-order valence-electron chi connectivity index (χ1n) is 7.67. The monoisotopic (exact) mass is 353 g/mol. The lowest BCUT2D eigenvalue weighted by Crippen LogP contribution is -2.12. The van der Waals surface area contributed by atoms with Gasteiger partial charge in [-0.25, -0.2) is 4.68 Å². The Morgan fingerprint density at radius 3 is 2.58 bits per heavy atom. The fourth-order valence-electron chi connectivity index (χ4n) is 2.22. The molecule has 3 rings (SSSR count). The van der Waals surface area contributed by atoms with Gasteiger partial charge in [-0.1, -0.05) is 35.9 Å². The molecule has 0 saturated heterocycles. The molecule has 0 aliphatic carbocycles. The molecule has 0 aliphatic rings. The molecule has 0 saturated carbocycles. The maximum absolute atomic E-state index is 4.69. The molecule has 24 heavy (non-hydrogen) atoms. The molecule has 0 spiro atoms. The van der Waals surface area contributed by atoms with Gasteiger partial charge < -0.3 is 0 Å². The lowest BCUT2D eigenvalue weighted by atomic mass is 10.1. The summed E-state index contributed by atoms with van der Waals surface area (Å²) in [5.74, 6) is 0. The topological polar surface area (TPSA) is 29.6 Å². The van der Waals surface area contributed by atoms with Gasteiger partial charge in [-0.05, 0) is 26.0 Å². The summed E-state index contributed by atoms with van der Waals surface area (Å²) in [7, 11) is 0. The Bertz CT molecular complexity index is 924. The van der Waals surface area contributed by atoms with Crippen LogP contribution in [0.15, 0.2) is 64.5 Å². The van der Waals surface area contributed by atoms with E-state index in [0.717, 1.165) is 20.9 Å². The predicted octanol–water partition coefficient (Wildman–Crippen LogP) is 4.86. The standard InChI is InChI=1S/C19H19N3S2/c1-4-11-20-19-22(21-12-17-10-7-15(3)24-17)18(13-23-19)16-8-5-14(2)6-9-16/h4-10,12-13H,1,11H2,2-3H3. The second kappa shape index (κ2) is 7.55. The van der Waals surface area contributed by atoms with Gasteiger partial charge in [-0.3, -0.25) is 4.99 Å². The van der Waals surface area contributed by atoms with Gasteiger partial charge in [-0.2, -0.15) is 5.10 Å². The molecule has 122 valence electrons. The molecule has 0 radical (unpaired) electrons. The van der Waals surface area contributed by atoms with Crippen LogP contribution in [0.4, 0.5) is 0 Å². The molecule has 3 nitrogen and oxygen atoms in total. The van der Waals surface area contributed by atoms with E-state index in [0.29, 0.717) is 6.54 Å².